The summed E-state index contributed by atoms with van der Waals surface area (Å²) in [5, 5.41) is 8.93. The second-order valence-corrected chi connectivity index (χ2v) is 4.11. The van der Waals surface area contributed by atoms with Crippen LogP contribution >= 0.6 is 0 Å². The van der Waals surface area contributed by atoms with E-state index in [1.54, 1.807) is 0 Å². The van der Waals surface area contributed by atoms with E-state index < -0.39 is 0 Å². The molecule has 0 amide bonds. The van der Waals surface area contributed by atoms with Gasteiger partial charge in [0.2, 0.25) is 0 Å². The smallest absolute Gasteiger partial charge is 0.394 e. The maximum absolute atomic E-state index is 8.93. The maximum atomic E-state index is 8.93. The van der Waals surface area contributed by atoms with E-state index in [9.17, 15) is 0 Å². The van der Waals surface area contributed by atoms with Gasteiger partial charge in [-0.15, -0.1) is 0 Å². The van der Waals surface area contributed by atoms with Crippen LogP contribution in [0.3, 0.4) is 0 Å². The predicted molar refractivity (Wildman–Crippen MR) is 68.3 cm³/mol. The molecule has 4 heteroatoms. The van der Waals surface area contributed by atoms with Gasteiger partial charge in [-0.3, -0.25) is 0 Å². The second kappa shape index (κ2) is 10.2. The van der Waals surface area contributed by atoms with E-state index in [4.69, 9.17) is 14.6 Å². The van der Waals surface area contributed by atoms with E-state index in [0.29, 0.717) is 6.61 Å². The Morgan fingerprint density at radius 1 is 1.00 bits per heavy atom. The standard InChI is InChI=1S/C10H13O3.C5H5.Fe/c11-7-9-5-6-12-10(13-9)8-3-1-2-4-8;1-2-4-5-3-1;/h1-4,9-11H,5-7H2;1-5H;/q;;+2/t9-,10-;;/m0../s1. The number of rotatable bonds is 2. The minimum absolute atomic E-state index is 0. The van der Waals surface area contributed by atoms with Crippen molar-refractivity contribution in [2.75, 3.05) is 13.2 Å². The van der Waals surface area contributed by atoms with E-state index >= 15 is 0 Å². The molecule has 3 aliphatic rings. The van der Waals surface area contributed by atoms with Gasteiger partial charge >= 0.3 is 17.1 Å². The molecule has 10 radical (unpaired) electrons. The zero-order valence-electron chi connectivity index (χ0n) is 10.6. The van der Waals surface area contributed by atoms with Crippen LogP contribution in [0.5, 0.6) is 0 Å². The molecule has 1 heterocycles. The summed E-state index contributed by atoms with van der Waals surface area (Å²) in [5.41, 5.74) is 0. The minimum atomic E-state index is -0.291. The Bertz CT molecular complexity index is 208. The number of ether oxygens (including phenoxy) is 2. The first kappa shape index (κ1) is 17.5. The summed E-state index contributed by atoms with van der Waals surface area (Å²) in [6.45, 7) is 0.724. The second-order valence-electron chi connectivity index (χ2n) is 4.11. The molecular formula is C15H18FeO3+2. The molecule has 0 spiro atoms. The summed E-state index contributed by atoms with van der Waals surface area (Å²) in [4.78, 5) is 0. The van der Waals surface area contributed by atoms with E-state index in [1.807, 2.05) is 57.8 Å². The number of aliphatic hydroxyl groups excluding tert-OH is 1. The molecule has 0 aromatic rings. The van der Waals surface area contributed by atoms with Gasteiger partial charge in [-0.05, 0) is 64.2 Å². The molecular weight excluding hydrogens is 284 g/mol. The zero-order chi connectivity index (χ0) is 12.6. The Labute approximate surface area is 127 Å². The fourth-order valence-corrected chi connectivity index (χ4v) is 1.76. The van der Waals surface area contributed by atoms with Crippen molar-refractivity contribution in [2.24, 2.45) is 0 Å². The molecule has 0 unspecified atom stereocenters. The summed E-state index contributed by atoms with van der Waals surface area (Å²) < 4.78 is 10.9. The molecule has 2 atom stereocenters. The first-order valence-electron chi connectivity index (χ1n) is 6.16. The summed E-state index contributed by atoms with van der Waals surface area (Å²) in [6, 6.07) is 0. The fraction of sp³-hybridized carbons (Fsp3) is 0.333. The SMILES string of the molecule is OC[C@@H]1CCO[C@H]([C]2[CH][CH][CH][CH]2)O1.[CH]1[CH][CH][CH][CH]1.[Fe+2]. The van der Waals surface area contributed by atoms with Crippen LogP contribution in [0.2, 0.25) is 0 Å². The van der Waals surface area contributed by atoms with Crippen LogP contribution in [0.25, 0.3) is 0 Å². The van der Waals surface area contributed by atoms with Gasteiger partial charge < -0.3 is 14.6 Å². The van der Waals surface area contributed by atoms with Crippen LogP contribution in [0, 0.1) is 63.7 Å². The topological polar surface area (TPSA) is 38.7 Å². The molecule has 1 N–H and O–H groups in total. The van der Waals surface area contributed by atoms with E-state index in [-0.39, 0.29) is 36.1 Å². The molecule has 0 bridgehead atoms. The Balaban J connectivity index is 0.000000256. The molecule has 0 aromatic heterocycles. The number of aliphatic hydroxyl groups is 1. The normalized spacial score (nSPS) is 31.4. The minimum Gasteiger partial charge on any atom is -0.394 e. The van der Waals surface area contributed by atoms with Crippen molar-refractivity contribution in [2.45, 2.75) is 18.8 Å². The molecule has 2 aliphatic carbocycles. The van der Waals surface area contributed by atoms with Crippen LogP contribution in [-0.2, 0) is 26.5 Å². The summed E-state index contributed by atoms with van der Waals surface area (Å²) >= 11 is 0. The third kappa shape index (κ3) is 6.14. The van der Waals surface area contributed by atoms with E-state index in [0.717, 1.165) is 12.3 Å². The Morgan fingerprint density at radius 3 is 2.11 bits per heavy atom. The number of hydrogen-bond donors (Lipinski definition) is 1. The molecule has 102 valence electrons. The maximum Gasteiger partial charge on any atom is 2.00 e. The fourth-order valence-electron chi connectivity index (χ4n) is 1.76. The first-order valence-corrected chi connectivity index (χ1v) is 6.16. The van der Waals surface area contributed by atoms with Crippen molar-refractivity contribution >= 4 is 0 Å². The molecule has 2 saturated carbocycles. The summed E-state index contributed by atoms with van der Waals surface area (Å²) in [5.74, 6) is 1.03. The van der Waals surface area contributed by atoms with Crippen LogP contribution < -0.4 is 0 Å². The van der Waals surface area contributed by atoms with Gasteiger partial charge in [-0.25, -0.2) is 0 Å². The van der Waals surface area contributed by atoms with E-state index in [1.165, 1.54) is 0 Å². The molecule has 3 fully saturated rings. The van der Waals surface area contributed by atoms with Crippen LogP contribution in [0.4, 0.5) is 0 Å². The molecule has 1 saturated heterocycles. The van der Waals surface area contributed by atoms with Gasteiger partial charge in [0, 0.05) is 5.92 Å². The van der Waals surface area contributed by atoms with Gasteiger partial charge in [-0.1, -0.05) is 0 Å². The monoisotopic (exact) mass is 302 g/mol. The van der Waals surface area contributed by atoms with Crippen LogP contribution in [-0.4, -0.2) is 30.7 Å². The van der Waals surface area contributed by atoms with Gasteiger partial charge in [0.05, 0.1) is 19.3 Å². The van der Waals surface area contributed by atoms with Gasteiger partial charge in [-0.2, -0.15) is 0 Å². The van der Waals surface area contributed by atoms with Crippen molar-refractivity contribution in [1.29, 1.82) is 0 Å². The predicted octanol–water partition coefficient (Wildman–Crippen LogP) is 1.53. The Kier molecular flexibility index (Phi) is 9.34. The van der Waals surface area contributed by atoms with Crippen molar-refractivity contribution in [1.82, 2.24) is 0 Å². The number of hydrogen-bond acceptors (Lipinski definition) is 3. The third-order valence-electron chi connectivity index (χ3n) is 2.74. The van der Waals surface area contributed by atoms with Crippen molar-refractivity contribution in [3.8, 4) is 0 Å². The first-order chi connectivity index (χ1) is 8.90. The average Bonchev–Trinajstić information content (AvgIpc) is 3.14. The van der Waals surface area contributed by atoms with Crippen molar-refractivity contribution in [3.05, 3.63) is 63.7 Å². The zero-order valence-corrected chi connectivity index (χ0v) is 11.7. The average molecular weight is 302 g/mol. The third-order valence-corrected chi connectivity index (χ3v) is 2.74. The van der Waals surface area contributed by atoms with Crippen molar-refractivity contribution in [3.63, 3.8) is 0 Å². The van der Waals surface area contributed by atoms with Gasteiger partial charge in [0.1, 0.15) is 0 Å². The van der Waals surface area contributed by atoms with Gasteiger partial charge in [0.25, 0.3) is 0 Å². The van der Waals surface area contributed by atoms with Crippen molar-refractivity contribution < 1.29 is 31.6 Å². The largest absolute Gasteiger partial charge is 2.00 e. The molecule has 19 heavy (non-hydrogen) atoms. The van der Waals surface area contributed by atoms with E-state index in [2.05, 4.69) is 0 Å². The summed E-state index contributed by atoms with van der Waals surface area (Å²) in [6.07, 6.45) is 18.2. The Hall–Kier alpha value is 0.399. The van der Waals surface area contributed by atoms with Crippen LogP contribution in [0.1, 0.15) is 6.42 Å². The van der Waals surface area contributed by atoms with Crippen LogP contribution in [0.15, 0.2) is 0 Å². The molecule has 3 nitrogen and oxygen atoms in total. The molecule has 0 aromatic carbocycles. The van der Waals surface area contributed by atoms with Gasteiger partial charge in [0.15, 0.2) is 6.29 Å². The Morgan fingerprint density at radius 2 is 1.58 bits per heavy atom. The quantitative estimate of drug-likeness (QED) is 0.786. The summed E-state index contributed by atoms with van der Waals surface area (Å²) in [7, 11) is 0. The molecule has 1 aliphatic heterocycles. The molecule has 3 rings (SSSR count).